The van der Waals surface area contributed by atoms with Crippen molar-refractivity contribution in [2.24, 2.45) is 5.73 Å². The van der Waals surface area contributed by atoms with Crippen LogP contribution >= 0.6 is 0 Å². The minimum Gasteiger partial charge on any atom is -0.330 e. The molecule has 3 heteroatoms. The summed E-state index contributed by atoms with van der Waals surface area (Å²) >= 11 is 0. The number of carbonyl (C=O) groups excluding carboxylic acids is 1. The Labute approximate surface area is 74.7 Å². The molecule has 0 saturated heterocycles. The van der Waals surface area contributed by atoms with E-state index in [1.165, 1.54) is 0 Å². The second-order valence-electron chi connectivity index (χ2n) is 2.95. The summed E-state index contributed by atoms with van der Waals surface area (Å²) in [6.45, 7) is 2.62. The van der Waals surface area contributed by atoms with Gasteiger partial charge in [0, 0.05) is 6.42 Å². The van der Waals surface area contributed by atoms with Crippen molar-refractivity contribution in [2.45, 2.75) is 38.6 Å². The summed E-state index contributed by atoms with van der Waals surface area (Å²) in [6.07, 6.45) is 3.58. The number of nitrogens with two attached hydrogens (primary N) is 1. The van der Waals surface area contributed by atoms with Gasteiger partial charge in [0.05, 0.1) is 6.04 Å². The van der Waals surface area contributed by atoms with Crippen LogP contribution in [0.4, 0.5) is 0 Å². The number of carbonyl (C=O) groups is 1. The van der Waals surface area contributed by atoms with E-state index in [0.717, 1.165) is 25.8 Å². The Balaban J connectivity index is 3.60. The quantitative estimate of drug-likeness (QED) is 0.555. The van der Waals surface area contributed by atoms with Crippen LogP contribution < -0.4 is 11.1 Å². The molecule has 0 amide bonds. The minimum atomic E-state index is 0.0431. The Morgan fingerprint density at radius 1 is 1.50 bits per heavy atom. The Kier molecular flexibility index (Phi) is 7.00. The van der Waals surface area contributed by atoms with E-state index in [1.807, 2.05) is 14.0 Å². The summed E-state index contributed by atoms with van der Waals surface area (Å²) in [4.78, 5) is 11.2. The standard InChI is InChI=1S/C9H20N2O/c1-3-9(12)8(11-2)6-4-5-7-10/h8,11H,3-7,10H2,1-2H3. The molecule has 0 spiro atoms. The average Bonchev–Trinajstić information content (AvgIpc) is 2.11. The zero-order valence-electron chi connectivity index (χ0n) is 8.10. The molecule has 3 nitrogen and oxygen atoms in total. The van der Waals surface area contributed by atoms with Crippen LogP contribution in [-0.2, 0) is 4.79 Å². The van der Waals surface area contributed by atoms with Crippen molar-refractivity contribution < 1.29 is 4.79 Å². The van der Waals surface area contributed by atoms with E-state index >= 15 is 0 Å². The number of hydrogen-bond donors (Lipinski definition) is 2. The molecule has 0 fully saturated rings. The van der Waals surface area contributed by atoms with Gasteiger partial charge in [0.1, 0.15) is 5.78 Å². The highest BCUT2D eigenvalue weighted by atomic mass is 16.1. The maximum absolute atomic E-state index is 11.2. The highest BCUT2D eigenvalue weighted by Crippen LogP contribution is 2.02. The van der Waals surface area contributed by atoms with Crippen LogP contribution in [0.2, 0.25) is 0 Å². The van der Waals surface area contributed by atoms with Gasteiger partial charge in [-0.1, -0.05) is 13.3 Å². The van der Waals surface area contributed by atoms with E-state index in [9.17, 15) is 4.79 Å². The van der Waals surface area contributed by atoms with Crippen molar-refractivity contribution in [2.75, 3.05) is 13.6 Å². The second-order valence-corrected chi connectivity index (χ2v) is 2.95. The maximum Gasteiger partial charge on any atom is 0.149 e. The smallest absolute Gasteiger partial charge is 0.149 e. The Bertz CT molecular complexity index is 126. The molecular weight excluding hydrogens is 152 g/mol. The van der Waals surface area contributed by atoms with Crippen LogP contribution in [-0.4, -0.2) is 25.4 Å². The highest BCUT2D eigenvalue weighted by molar-refractivity contribution is 5.83. The minimum absolute atomic E-state index is 0.0431. The van der Waals surface area contributed by atoms with Crippen LogP contribution in [0.1, 0.15) is 32.6 Å². The van der Waals surface area contributed by atoms with Crippen molar-refractivity contribution in [3.8, 4) is 0 Å². The van der Waals surface area contributed by atoms with Gasteiger partial charge in [-0.25, -0.2) is 0 Å². The van der Waals surface area contributed by atoms with Crippen molar-refractivity contribution in [1.29, 1.82) is 0 Å². The second kappa shape index (κ2) is 7.25. The molecule has 3 N–H and O–H groups in total. The predicted molar refractivity (Wildman–Crippen MR) is 51.1 cm³/mol. The maximum atomic E-state index is 11.2. The number of unbranched alkanes of at least 4 members (excludes halogenated alkanes) is 1. The molecule has 0 rings (SSSR count). The normalized spacial score (nSPS) is 12.9. The van der Waals surface area contributed by atoms with Crippen LogP contribution in [0.3, 0.4) is 0 Å². The third kappa shape index (κ3) is 4.46. The first-order valence-electron chi connectivity index (χ1n) is 4.66. The molecule has 1 unspecified atom stereocenters. The van der Waals surface area contributed by atoms with Crippen LogP contribution in [0.25, 0.3) is 0 Å². The zero-order chi connectivity index (χ0) is 9.40. The van der Waals surface area contributed by atoms with E-state index in [2.05, 4.69) is 5.32 Å². The molecule has 0 aliphatic carbocycles. The predicted octanol–water partition coefficient (Wildman–Crippen LogP) is 0.683. The van der Waals surface area contributed by atoms with Gasteiger partial charge in [-0.15, -0.1) is 0 Å². The summed E-state index contributed by atoms with van der Waals surface area (Å²) in [7, 11) is 1.83. The van der Waals surface area contributed by atoms with Crippen molar-refractivity contribution in [3.05, 3.63) is 0 Å². The summed E-state index contributed by atoms with van der Waals surface area (Å²) in [5.41, 5.74) is 5.36. The fraction of sp³-hybridized carbons (Fsp3) is 0.889. The lowest BCUT2D eigenvalue weighted by Gasteiger charge is -2.12. The third-order valence-electron chi connectivity index (χ3n) is 2.03. The molecule has 0 aromatic heterocycles. The van der Waals surface area contributed by atoms with E-state index in [1.54, 1.807) is 0 Å². The monoisotopic (exact) mass is 172 g/mol. The van der Waals surface area contributed by atoms with E-state index in [0.29, 0.717) is 12.2 Å². The lowest BCUT2D eigenvalue weighted by Crippen LogP contribution is -2.33. The third-order valence-corrected chi connectivity index (χ3v) is 2.03. The SMILES string of the molecule is CCC(=O)C(CCCCN)NC. The van der Waals surface area contributed by atoms with Crippen molar-refractivity contribution >= 4 is 5.78 Å². The number of hydrogen-bond acceptors (Lipinski definition) is 3. The largest absolute Gasteiger partial charge is 0.330 e. The molecule has 1 atom stereocenters. The van der Waals surface area contributed by atoms with Gasteiger partial charge in [0.15, 0.2) is 0 Å². The number of likely N-dealkylation sites (N-methyl/N-ethyl adjacent to an activating group) is 1. The Morgan fingerprint density at radius 2 is 2.17 bits per heavy atom. The molecule has 0 aliphatic rings. The molecule has 0 saturated carbocycles. The van der Waals surface area contributed by atoms with Crippen LogP contribution in [0, 0.1) is 0 Å². The first kappa shape index (κ1) is 11.6. The molecule has 12 heavy (non-hydrogen) atoms. The van der Waals surface area contributed by atoms with Gasteiger partial charge in [-0.2, -0.15) is 0 Å². The lowest BCUT2D eigenvalue weighted by molar-refractivity contribution is -0.120. The van der Waals surface area contributed by atoms with Crippen LogP contribution in [0.15, 0.2) is 0 Å². The van der Waals surface area contributed by atoms with Gasteiger partial charge in [0.25, 0.3) is 0 Å². The van der Waals surface area contributed by atoms with E-state index < -0.39 is 0 Å². The van der Waals surface area contributed by atoms with Gasteiger partial charge < -0.3 is 11.1 Å². The summed E-state index contributed by atoms with van der Waals surface area (Å²) < 4.78 is 0. The van der Waals surface area contributed by atoms with Gasteiger partial charge >= 0.3 is 0 Å². The molecule has 0 aromatic carbocycles. The van der Waals surface area contributed by atoms with Gasteiger partial charge in [0.2, 0.25) is 0 Å². The molecule has 72 valence electrons. The zero-order valence-corrected chi connectivity index (χ0v) is 8.10. The number of ketones is 1. The summed E-state index contributed by atoms with van der Waals surface area (Å²) in [6, 6.07) is 0.0431. The number of nitrogens with one attached hydrogen (secondary N) is 1. The first-order chi connectivity index (χ1) is 5.76. The van der Waals surface area contributed by atoms with Gasteiger partial charge in [-0.3, -0.25) is 4.79 Å². The van der Waals surface area contributed by atoms with Crippen molar-refractivity contribution in [1.82, 2.24) is 5.32 Å². The van der Waals surface area contributed by atoms with Gasteiger partial charge in [-0.05, 0) is 26.4 Å². The number of Topliss-reactive ketones (excluding diaryl/α,β-unsaturated/α-hetero) is 1. The average molecular weight is 172 g/mol. The molecule has 0 heterocycles. The lowest BCUT2D eigenvalue weighted by atomic mass is 10.0. The fourth-order valence-corrected chi connectivity index (χ4v) is 1.21. The topological polar surface area (TPSA) is 55.1 Å². The molecule has 0 bridgehead atoms. The van der Waals surface area contributed by atoms with E-state index in [4.69, 9.17) is 5.73 Å². The number of rotatable bonds is 7. The fourth-order valence-electron chi connectivity index (χ4n) is 1.21. The molecule has 0 aliphatic heterocycles. The Hall–Kier alpha value is -0.410. The van der Waals surface area contributed by atoms with E-state index in [-0.39, 0.29) is 6.04 Å². The first-order valence-corrected chi connectivity index (χ1v) is 4.66. The Morgan fingerprint density at radius 3 is 2.58 bits per heavy atom. The summed E-state index contributed by atoms with van der Waals surface area (Å²) in [5.74, 6) is 0.300. The summed E-state index contributed by atoms with van der Waals surface area (Å²) in [5, 5.41) is 3.02. The van der Waals surface area contributed by atoms with Crippen LogP contribution in [0.5, 0.6) is 0 Å². The molecule has 0 radical (unpaired) electrons. The molecule has 0 aromatic rings. The van der Waals surface area contributed by atoms with Crippen molar-refractivity contribution in [3.63, 3.8) is 0 Å². The molecular formula is C9H20N2O. The highest BCUT2D eigenvalue weighted by Gasteiger charge is 2.12.